The maximum absolute atomic E-state index is 10.8. The number of carbonyl (C=O) groups is 1. The molecule has 0 amide bonds. The zero-order valence-corrected chi connectivity index (χ0v) is 14.1. The topological polar surface area (TPSA) is 75.8 Å². The molecule has 0 saturated carbocycles. The molecule has 23 heavy (non-hydrogen) atoms. The summed E-state index contributed by atoms with van der Waals surface area (Å²) in [4.78, 5) is 13.2. The molecular formula is C16H17BrN2O4. The number of aromatic carboxylic acids is 1. The van der Waals surface area contributed by atoms with Gasteiger partial charge >= 0.3 is 5.97 Å². The summed E-state index contributed by atoms with van der Waals surface area (Å²) in [5.41, 5.74) is 2.55. The van der Waals surface area contributed by atoms with Gasteiger partial charge in [-0.15, -0.1) is 0 Å². The summed E-state index contributed by atoms with van der Waals surface area (Å²) in [7, 11) is 0. The molecule has 3 rings (SSSR count). The molecule has 2 heterocycles. The van der Waals surface area contributed by atoms with Gasteiger partial charge in [0.15, 0.2) is 0 Å². The lowest BCUT2D eigenvalue weighted by molar-refractivity contribution is 0.0384. The molecule has 6 nitrogen and oxygen atoms in total. The number of hydrogen-bond donors (Lipinski definition) is 1. The minimum atomic E-state index is -1.12. The summed E-state index contributed by atoms with van der Waals surface area (Å²) in [5.74, 6) is -1.28. The van der Waals surface area contributed by atoms with Gasteiger partial charge in [-0.3, -0.25) is 4.90 Å². The molecule has 0 bridgehead atoms. The fourth-order valence-corrected chi connectivity index (χ4v) is 3.10. The molecule has 0 atom stereocenters. The lowest BCUT2D eigenvalue weighted by atomic mass is 10.1. The first kappa shape index (κ1) is 16.2. The van der Waals surface area contributed by atoms with Crippen molar-refractivity contribution in [3.63, 3.8) is 0 Å². The highest BCUT2D eigenvalue weighted by Gasteiger charge is 2.14. The van der Waals surface area contributed by atoms with Crippen LogP contribution in [0.5, 0.6) is 0 Å². The van der Waals surface area contributed by atoms with Crippen LogP contribution < -0.4 is 0 Å². The van der Waals surface area contributed by atoms with Gasteiger partial charge in [0.1, 0.15) is 5.69 Å². The van der Waals surface area contributed by atoms with E-state index in [0.717, 1.165) is 49.3 Å². The molecule has 1 saturated heterocycles. The molecule has 1 aliphatic heterocycles. The number of carboxylic acids is 1. The van der Waals surface area contributed by atoms with Gasteiger partial charge < -0.3 is 14.4 Å². The van der Waals surface area contributed by atoms with Crippen LogP contribution in [0.25, 0.3) is 11.3 Å². The molecule has 1 aromatic carbocycles. The molecule has 1 fully saturated rings. The zero-order chi connectivity index (χ0) is 16.2. The van der Waals surface area contributed by atoms with Gasteiger partial charge in [0.05, 0.1) is 13.2 Å². The standard InChI is InChI=1S/C16H17BrN2O4/c17-13-9-12(14-10-15(16(20)21)23-18-14)2-1-11(13)3-4-19-5-7-22-8-6-19/h1-2,9-10H,3-8H2,(H,20,21). The van der Waals surface area contributed by atoms with Crippen molar-refractivity contribution in [1.29, 1.82) is 0 Å². The molecule has 1 aliphatic rings. The molecule has 2 aromatic rings. The molecule has 0 aliphatic carbocycles. The third kappa shape index (κ3) is 3.99. The summed E-state index contributed by atoms with van der Waals surface area (Å²) >= 11 is 3.59. The predicted molar refractivity (Wildman–Crippen MR) is 87.6 cm³/mol. The molecule has 122 valence electrons. The summed E-state index contributed by atoms with van der Waals surface area (Å²) in [6.45, 7) is 4.56. The molecule has 1 N–H and O–H groups in total. The number of ether oxygens (including phenoxy) is 1. The van der Waals surface area contributed by atoms with E-state index < -0.39 is 5.97 Å². The summed E-state index contributed by atoms with van der Waals surface area (Å²) in [6.07, 6.45) is 0.944. The van der Waals surface area contributed by atoms with Crippen LogP contribution in [0.15, 0.2) is 33.3 Å². The number of rotatable bonds is 5. The quantitative estimate of drug-likeness (QED) is 0.859. The second-order valence-electron chi connectivity index (χ2n) is 5.39. The van der Waals surface area contributed by atoms with Gasteiger partial charge in [-0.2, -0.15) is 0 Å². The van der Waals surface area contributed by atoms with Crippen LogP contribution in [0.3, 0.4) is 0 Å². The van der Waals surface area contributed by atoms with E-state index in [-0.39, 0.29) is 5.76 Å². The number of hydrogen-bond acceptors (Lipinski definition) is 5. The Morgan fingerprint density at radius 1 is 1.30 bits per heavy atom. The molecule has 1 aromatic heterocycles. The van der Waals surface area contributed by atoms with Crippen LogP contribution in [0.2, 0.25) is 0 Å². The third-order valence-corrected chi connectivity index (χ3v) is 4.61. The number of carboxylic acid groups (broad SMARTS) is 1. The van der Waals surface area contributed by atoms with Crippen molar-refractivity contribution in [2.45, 2.75) is 6.42 Å². The van der Waals surface area contributed by atoms with Crippen LogP contribution in [0, 0.1) is 0 Å². The van der Waals surface area contributed by atoms with Crippen LogP contribution in [-0.2, 0) is 11.2 Å². The van der Waals surface area contributed by atoms with Crippen molar-refractivity contribution >= 4 is 21.9 Å². The highest BCUT2D eigenvalue weighted by molar-refractivity contribution is 9.10. The highest BCUT2D eigenvalue weighted by Crippen LogP contribution is 2.26. The van der Waals surface area contributed by atoms with Gasteiger partial charge in [0.2, 0.25) is 5.76 Å². The second kappa shape index (κ2) is 7.25. The molecule has 0 radical (unpaired) electrons. The maximum Gasteiger partial charge on any atom is 0.374 e. The maximum atomic E-state index is 10.8. The average Bonchev–Trinajstić information content (AvgIpc) is 3.05. The van der Waals surface area contributed by atoms with Crippen molar-refractivity contribution in [3.05, 3.63) is 40.1 Å². The van der Waals surface area contributed by atoms with Crippen molar-refractivity contribution in [2.24, 2.45) is 0 Å². The predicted octanol–water partition coefficient (Wildman–Crippen LogP) is 2.68. The van der Waals surface area contributed by atoms with Gasteiger partial charge in [-0.1, -0.05) is 33.2 Å². The lowest BCUT2D eigenvalue weighted by Gasteiger charge is -2.26. The van der Waals surface area contributed by atoms with E-state index in [1.807, 2.05) is 18.2 Å². The fraction of sp³-hybridized carbons (Fsp3) is 0.375. The first-order valence-corrected chi connectivity index (χ1v) is 8.21. The average molecular weight is 381 g/mol. The van der Waals surface area contributed by atoms with Crippen molar-refractivity contribution in [1.82, 2.24) is 10.1 Å². The minimum Gasteiger partial charge on any atom is -0.475 e. The van der Waals surface area contributed by atoms with Crippen molar-refractivity contribution < 1.29 is 19.2 Å². The van der Waals surface area contributed by atoms with E-state index in [4.69, 9.17) is 14.4 Å². The van der Waals surface area contributed by atoms with E-state index in [0.29, 0.717) is 5.69 Å². The normalized spacial score (nSPS) is 15.7. The fourth-order valence-electron chi connectivity index (χ4n) is 2.52. The Labute approximate surface area is 142 Å². The third-order valence-electron chi connectivity index (χ3n) is 3.87. The Balaban J connectivity index is 1.68. The number of aromatic nitrogens is 1. The van der Waals surface area contributed by atoms with Crippen LogP contribution in [-0.4, -0.2) is 54.0 Å². The number of morpholine rings is 1. The van der Waals surface area contributed by atoms with Gasteiger partial charge in [-0.05, 0) is 18.1 Å². The zero-order valence-electron chi connectivity index (χ0n) is 12.5. The molecule has 0 spiro atoms. The Morgan fingerprint density at radius 3 is 2.74 bits per heavy atom. The van der Waals surface area contributed by atoms with Crippen molar-refractivity contribution in [2.75, 3.05) is 32.8 Å². The van der Waals surface area contributed by atoms with Crippen molar-refractivity contribution in [3.8, 4) is 11.3 Å². The first-order valence-electron chi connectivity index (χ1n) is 7.42. The highest BCUT2D eigenvalue weighted by atomic mass is 79.9. The van der Waals surface area contributed by atoms with E-state index in [1.165, 1.54) is 11.6 Å². The summed E-state index contributed by atoms with van der Waals surface area (Å²) < 4.78 is 11.1. The Hall–Kier alpha value is -1.70. The SMILES string of the molecule is O=C(O)c1cc(-c2ccc(CCN3CCOCC3)c(Br)c2)no1. The van der Waals surface area contributed by atoms with Gasteiger partial charge in [-0.25, -0.2) is 4.79 Å². The van der Waals surface area contributed by atoms with Crippen LogP contribution >= 0.6 is 15.9 Å². The smallest absolute Gasteiger partial charge is 0.374 e. The number of halogens is 1. The molecule has 7 heteroatoms. The van der Waals surface area contributed by atoms with Gasteiger partial charge in [0.25, 0.3) is 0 Å². The van der Waals surface area contributed by atoms with E-state index in [2.05, 4.69) is 26.0 Å². The Kier molecular flexibility index (Phi) is 5.09. The van der Waals surface area contributed by atoms with E-state index >= 15 is 0 Å². The van der Waals surface area contributed by atoms with Gasteiger partial charge in [0, 0.05) is 35.7 Å². The van der Waals surface area contributed by atoms with E-state index in [1.54, 1.807) is 0 Å². The number of nitrogens with zero attached hydrogens (tertiary/aromatic N) is 2. The minimum absolute atomic E-state index is 0.160. The lowest BCUT2D eigenvalue weighted by Crippen LogP contribution is -2.37. The molecule has 0 unspecified atom stereocenters. The van der Waals surface area contributed by atoms with Crippen LogP contribution in [0.4, 0.5) is 0 Å². The molecular weight excluding hydrogens is 364 g/mol. The largest absolute Gasteiger partial charge is 0.475 e. The Morgan fingerprint density at radius 2 is 2.09 bits per heavy atom. The second-order valence-corrected chi connectivity index (χ2v) is 6.25. The summed E-state index contributed by atoms with van der Waals surface area (Å²) in [6, 6.07) is 7.34. The van der Waals surface area contributed by atoms with E-state index in [9.17, 15) is 4.79 Å². The van der Waals surface area contributed by atoms with Crippen LogP contribution in [0.1, 0.15) is 16.1 Å². The monoisotopic (exact) mass is 380 g/mol. The Bertz CT molecular complexity index is 695. The first-order chi connectivity index (χ1) is 11.1. The summed E-state index contributed by atoms with van der Waals surface area (Å²) in [5, 5.41) is 12.7. The number of benzene rings is 1.